The number of nitrogens with two attached hydrogens (primary N) is 2. The van der Waals surface area contributed by atoms with Crippen molar-refractivity contribution in [3.63, 3.8) is 0 Å². The molecule has 200 valence electrons. The monoisotopic (exact) mass is 535 g/mol. The molecule has 4 rings (SSSR count). The Bertz CT molecular complexity index is 1430. The van der Waals surface area contributed by atoms with Crippen LogP contribution in [-0.4, -0.2) is 39.4 Å². The minimum Gasteiger partial charge on any atom is -0.457 e. The van der Waals surface area contributed by atoms with Crippen molar-refractivity contribution in [1.82, 2.24) is 15.1 Å². The number of rotatable bonds is 6. The van der Waals surface area contributed by atoms with Crippen molar-refractivity contribution in [2.75, 3.05) is 12.3 Å². The standard InChI is InChI=1S/C29H34ClN5O3/c1-18(30)23(17-20-9-8-16-35(20)28(36)38-29(2,3)4)26-24(27(32)34-33-26)25(31)19-12-14-22(15-13-19)37-21-10-6-5-7-11-21/h5-7,10-15,20,33H,1,8-9,16-17,31H2,2-4H3,(H2,32,34)/b25-24+,26-23+. The average molecular weight is 536 g/mol. The van der Waals surface area contributed by atoms with Crippen molar-refractivity contribution in [2.45, 2.75) is 51.7 Å². The first-order valence-electron chi connectivity index (χ1n) is 12.5. The summed E-state index contributed by atoms with van der Waals surface area (Å²) in [7, 11) is 0. The summed E-state index contributed by atoms with van der Waals surface area (Å²) in [6.07, 6.45) is 1.80. The van der Waals surface area contributed by atoms with Gasteiger partial charge in [-0.25, -0.2) is 4.79 Å². The van der Waals surface area contributed by atoms with Crippen molar-refractivity contribution < 1.29 is 14.3 Å². The van der Waals surface area contributed by atoms with Crippen molar-refractivity contribution in [3.8, 4) is 11.5 Å². The zero-order chi connectivity index (χ0) is 27.4. The Morgan fingerprint density at radius 2 is 1.82 bits per heavy atom. The zero-order valence-corrected chi connectivity index (χ0v) is 22.7. The Balaban J connectivity index is 1.69. The van der Waals surface area contributed by atoms with E-state index in [1.807, 2.05) is 75.4 Å². The van der Waals surface area contributed by atoms with E-state index in [1.165, 1.54) is 0 Å². The molecule has 3 aromatic rings. The molecule has 1 fully saturated rings. The first kappa shape index (κ1) is 27.1. The number of benzene rings is 2. The van der Waals surface area contributed by atoms with Gasteiger partial charge in [0.15, 0.2) is 5.82 Å². The first-order valence-corrected chi connectivity index (χ1v) is 12.9. The summed E-state index contributed by atoms with van der Waals surface area (Å²) in [5, 5.41) is 8.66. The number of carbonyl (C=O) groups excluding carboxylic acids is 1. The Morgan fingerprint density at radius 3 is 2.45 bits per heavy atom. The highest BCUT2D eigenvalue weighted by Crippen LogP contribution is 2.29. The van der Waals surface area contributed by atoms with Crippen LogP contribution in [0.4, 0.5) is 10.6 Å². The maximum Gasteiger partial charge on any atom is 0.410 e. The van der Waals surface area contributed by atoms with Crippen LogP contribution in [0.5, 0.6) is 11.5 Å². The van der Waals surface area contributed by atoms with Crippen LogP contribution in [0, 0.1) is 0 Å². The molecule has 1 saturated heterocycles. The maximum atomic E-state index is 12.8. The van der Waals surface area contributed by atoms with Gasteiger partial charge in [-0.3, -0.25) is 5.10 Å². The number of allylic oxidation sites excluding steroid dienone is 1. The van der Waals surface area contributed by atoms with Gasteiger partial charge in [0.05, 0.1) is 16.3 Å². The van der Waals surface area contributed by atoms with E-state index in [0.717, 1.165) is 24.2 Å². The molecule has 9 heteroatoms. The number of nitrogens with zero attached hydrogens (tertiary/aromatic N) is 2. The normalized spacial score (nSPS) is 17.2. The van der Waals surface area contributed by atoms with Gasteiger partial charge in [0, 0.05) is 17.6 Å². The molecular weight excluding hydrogens is 502 g/mol. The molecule has 8 nitrogen and oxygen atoms in total. The van der Waals surface area contributed by atoms with Gasteiger partial charge in [-0.1, -0.05) is 36.4 Å². The molecule has 1 atom stereocenters. The summed E-state index contributed by atoms with van der Waals surface area (Å²) in [5.74, 6) is 1.66. The lowest BCUT2D eigenvalue weighted by Crippen LogP contribution is -2.41. The van der Waals surface area contributed by atoms with Crippen molar-refractivity contribution in [2.24, 2.45) is 5.73 Å². The van der Waals surface area contributed by atoms with Gasteiger partial charge in [0.2, 0.25) is 0 Å². The Kier molecular flexibility index (Phi) is 8.02. The van der Waals surface area contributed by atoms with Gasteiger partial charge >= 0.3 is 6.09 Å². The molecule has 1 amide bonds. The highest BCUT2D eigenvalue weighted by atomic mass is 35.5. The Hall–Kier alpha value is -3.91. The van der Waals surface area contributed by atoms with Crippen molar-refractivity contribution in [1.29, 1.82) is 0 Å². The number of anilines is 1. The van der Waals surface area contributed by atoms with Gasteiger partial charge < -0.3 is 25.8 Å². The minimum absolute atomic E-state index is 0.108. The molecule has 1 aliphatic rings. The molecular formula is C29H34ClN5O3. The maximum absolute atomic E-state index is 12.8. The van der Waals surface area contributed by atoms with E-state index in [0.29, 0.717) is 45.6 Å². The number of likely N-dealkylation sites (tertiary alicyclic amines) is 1. The predicted octanol–water partition coefficient (Wildman–Crippen LogP) is 4.59. The fraction of sp³-hybridized carbons (Fsp3) is 0.310. The molecule has 0 saturated carbocycles. The Labute approximate surface area is 227 Å². The van der Waals surface area contributed by atoms with E-state index in [1.54, 1.807) is 4.90 Å². The second-order valence-electron chi connectivity index (χ2n) is 10.3. The number of hydrogen-bond donors (Lipinski definition) is 3. The third-order valence-electron chi connectivity index (χ3n) is 6.28. The number of ether oxygens (including phenoxy) is 2. The molecule has 5 N–H and O–H groups in total. The number of aromatic nitrogens is 2. The van der Waals surface area contributed by atoms with Crippen molar-refractivity contribution >= 4 is 34.8 Å². The summed E-state index contributed by atoms with van der Waals surface area (Å²) >= 11 is 6.50. The molecule has 38 heavy (non-hydrogen) atoms. The number of hydrogen-bond acceptors (Lipinski definition) is 6. The van der Waals surface area contributed by atoms with Crippen LogP contribution in [0.25, 0.3) is 11.3 Å². The number of carbonyl (C=O) groups is 1. The fourth-order valence-corrected chi connectivity index (χ4v) is 4.68. The molecule has 0 aliphatic carbocycles. The smallest absolute Gasteiger partial charge is 0.410 e. The van der Waals surface area contributed by atoms with Crippen LogP contribution in [0.15, 0.2) is 66.2 Å². The number of nitrogen functional groups attached to an aromatic ring is 1. The average Bonchev–Trinajstić information content (AvgIpc) is 3.48. The van der Waals surface area contributed by atoms with Crippen LogP contribution in [-0.2, 0) is 4.74 Å². The molecule has 0 radical (unpaired) electrons. The van der Waals surface area contributed by atoms with Crippen LogP contribution < -0.4 is 26.8 Å². The summed E-state index contributed by atoms with van der Waals surface area (Å²) in [6.45, 7) is 10.2. The van der Waals surface area contributed by atoms with E-state index in [2.05, 4.69) is 16.8 Å². The molecule has 0 spiro atoms. The second kappa shape index (κ2) is 11.2. The van der Waals surface area contributed by atoms with Gasteiger partial charge in [0.25, 0.3) is 0 Å². The van der Waals surface area contributed by atoms with Gasteiger partial charge in [-0.15, -0.1) is 0 Å². The van der Waals surface area contributed by atoms with Crippen LogP contribution in [0.3, 0.4) is 0 Å². The van der Waals surface area contributed by atoms with Crippen LogP contribution in [0.1, 0.15) is 45.6 Å². The zero-order valence-electron chi connectivity index (χ0n) is 22.0. The highest BCUT2D eigenvalue weighted by Gasteiger charge is 2.33. The summed E-state index contributed by atoms with van der Waals surface area (Å²) < 4.78 is 11.5. The molecule has 2 aromatic carbocycles. The largest absolute Gasteiger partial charge is 0.457 e. The third kappa shape index (κ3) is 6.31. The van der Waals surface area contributed by atoms with Crippen molar-refractivity contribution in [3.05, 3.63) is 82.3 Å². The summed E-state index contributed by atoms with van der Waals surface area (Å²) in [5.41, 5.74) is 14.2. The molecule has 1 aliphatic heterocycles. The van der Waals surface area contributed by atoms with Gasteiger partial charge in [-0.05, 0) is 87.6 Å². The van der Waals surface area contributed by atoms with Gasteiger partial charge in [0.1, 0.15) is 17.1 Å². The molecule has 2 heterocycles. The number of nitrogens with one attached hydrogen (secondary N) is 1. The lowest BCUT2D eigenvalue weighted by Gasteiger charge is -2.29. The SMILES string of the molecule is C=C(Cl)/C(CC1CCCN1C(=O)OC(C)(C)C)=c1/[nH]nc(N)/c1=C(/N)c1ccc(Oc2ccccc2)cc1. The van der Waals surface area contributed by atoms with Gasteiger partial charge in [-0.2, -0.15) is 5.10 Å². The van der Waals surface area contributed by atoms with E-state index >= 15 is 0 Å². The molecule has 1 aromatic heterocycles. The summed E-state index contributed by atoms with van der Waals surface area (Å²) in [4.78, 5) is 14.6. The minimum atomic E-state index is -0.580. The van der Waals surface area contributed by atoms with E-state index in [9.17, 15) is 4.79 Å². The molecule has 0 bridgehead atoms. The molecule has 1 unspecified atom stereocenters. The van der Waals surface area contributed by atoms with E-state index in [4.69, 9.17) is 32.5 Å². The number of aromatic amines is 1. The third-order valence-corrected chi connectivity index (χ3v) is 6.51. The number of para-hydroxylation sites is 1. The Morgan fingerprint density at radius 1 is 1.16 bits per heavy atom. The number of amides is 1. The quantitative estimate of drug-likeness (QED) is 0.424. The first-order chi connectivity index (χ1) is 18.0. The fourth-order valence-electron chi connectivity index (χ4n) is 4.51. The topological polar surface area (TPSA) is 119 Å². The van der Waals surface area contributed by atoms with Crippen LogP contribution in [0.2, 0.25) is 0 Å². The van der Waals surface area contributed by atoms with E-state index in [-0.39, 0.29) is 18.0 Å². The second-order valence-corrected chi connectivity index (χ2v) is 10.7. The van der Waals surface area contributed by atoms with E-state index < -0.39 is 5.60 Å². The highest BCUT2D eigenvalue weighted by molar-refractivity contribution is 6.35. The predicted molar refractivity (Wildman–Crippen MR) is 151 cm³/mol. The number of halogens is 1. The lowest BCUT2D eigenvalue weighted by molar-refractivity contribution is 0.0230. The van der Waals surface area contributed by atoms with Crippen LogP contribution >= 0.6 is 11.6 Å². The summed E-state index contributed by atoms with van der Waals surface area (Å²) in [6, 6.07) is 16.8. The number of H-pyrrole nitrogens is 1. The lowest BCUT2D eigenvalue weighted by atomic mass is 10.0.